The van der Waals surface area contributed by atoms with Gasteiger partial charge in [-0.2, -0.15) is 9.61 Å². The lowest BCUT2D eigenvalue weighted by Gasteiger charge is -2.15. The molecule has 1 atom stereocenters. The largest absolute Gasteiger partial charge is 0.384 e. The van der Waals surface area contributed by atoms with Gasteiger partial charge in [-0.1, -0.05) is 12.1 Å². The molecule has 1 unspecified atom stereocenters. The van der Waals surface area contributed by atoms with Crippen molar-refractivity contribution in [2.75, 3.05) is 0 Å². The van der Waals surface area contributed by atoms with Crippen LogP contribution in [-0.4, -0.2) is 29.7 Å². The predicted octanol–water partition coefficient (Wildman–Crippen LogP) is 3.67. The van der Waals surface area contributed by atoms with E-state index in [0.717, 1.165) is 24.8 Å². The maximum absolute atomic E-state index is 14.3. The highest BCUT2D eigenvalue weighted by Gasteiger charge is 2.20. The number of benzene rings is 1. The van der Waals surface area contributed by atoms with E-state index in [1.54, 1.807) is 25.1 Å². The Bertz CT molecular complexity index is 1300. The first-order valence-corrected chi connectivity index (χ1v) is 8.35. The van der Waals surface area contributed by atoms with Gasteiger partial charge >= 0.3 is 0 Å². The van der Waals surface area contributed by atoms with Crippen molar-refractivity contribution in [3.8, 4) is 22.5 Å². The van der Waals surface area contributed by atoms with Crippen LogP contribution in [0.3, 0.4) is 0 Å². The van der Waals surface area contributed by atoms with Crippen molar-refractivity contribution in [1.82, 2.24) is 24.6 Å². The van der Waals surface area contributed by atoms with Crippen LogP contribution >= 0.6 is 0 Å². The molecule has 6 nitrogen and oxygen atoms in total. The van der Waals surface area contributed by atoms with Crippen molar-refractivity contribution in [1.29, 1.82) is 0 Å². The van der Waals surface area contributed by atoms with Gasteiger partial charge < -0.3 is 5.11 Å². The number of aromatic nitrogens is 5. The lowest BCUT2D eigenvalue weighted by atomic mass is 10.00. The van der Waals surface area contributed by atoms with Crippen molar-refractivity contribution in [2.45, 2.75) is 26.3 Å². The van der Waals surface area contributed by atoms with Crippen LogP contribution in [0.5, 0.6) is 0 Å². The fraction of sp³-hybridized carbons (Fsp3) is 0.200. The molecule has 0 aliphatic heterocycles. The van der Waals surface area contributed by atoms with Crippen LogP contribution in [-0.2, 0) is 5.60 Å². The van der Waals surface area contributed by atoms with Gasteiger partial charge in [-0.25, -0.2) is 18.7 Å². The van der Waals surface area contributed by atoms with Crippen molar-refractivity contribution in [3.05, 3.63) is 65.7 Å². The summed E-state index contributed by atoms with van der Waals surface area (Å²) in [5.74, 6) is -1.46. The molecular formula is C20H17F2N5O. The lowest BCUT2D eigenvalue weighted by Crippen LogP contribution is -2.19. The predicted molar refractivity (Wildman–Crippen MR) is 99.3 cm³/mol. The summed E-state index contributed by atoms with van der Waals surface area (Å²) in [5, 5.41) is 14.6. The molecular weight excluding hydrogens is 364 g/mol. The summed E-state index contributed by atoms with van der Waals surface area (Å²) in [4.78, 5) is 12.2. The normalized spacial score (nSPS) is 15.7. The Labute approximate surface area is 163 Å². The first kappa shape index (κ1) is 14.8. The van der Waals surface area contributed by atoms with E-state index in [2.05, 4.69) is 20.1 Å². The molecule has 0 amide bonds. The molecule has 0 aliphatic rings. The van der Waals surface area contributed by atoms with Gasteiger partial charge in [0.15, 0.2) is 5.82 Å². The van der Waals surface area contributed by atoms with Crippen LogP contribution < -0.4 is 0 Å². The van der Waals surface area contributed by atoms with Gasteiger partial charge in [-0.05, 0) is 32.3 Å². The average Bonchev–Trinajstić information content (AvgIpc) is 3.11. The van der Waals surface area contributed by atoms with E-state index in [9.17, 15) is 13.9 Å². The van der Waals surface area contributed by atoms with E-state index < -0.39 is 24.1 Å². The molecule has 0 saturated heterocycles. The maximum atomic E-state index is 14.3. The van der Waals surface area contributed by atoms with Crippen molar-refractivity contribution >= 4 is 5.78 Å². The SMILES string of the molecule is [2H]C([2H])([2H])C(C)(O)c1cnn2c(-c3ccc(C)c(-c4ncc(F)cc4F)c3)cnc2n1. The number of hydrogen-bond donors (Lipinski definition) is 1. The number of aryl methyl sites for hydroxylation is 1. The highest BCUT2D eigenvalue weighted by Crippen LogP contribution is 2.30. The molecule has 1 N–H and O–H groups in total. The van der Waals surface area contributed by atoms with E-state index >= 15 is 0 Å². The van der Waals surface area contributed by atoms with E-state index in [-0.39, 0.29) is 17.2 Å². The molecule has 4 aromatic rings. The molecule has 1 aromatic carbocycles. The molecule has 28 heavy (non-hydrogen) atoms. The Balaban J connectivity index is 1.81. The van der Waals surface area contributed by atoms with Crippen molar-refractivity contribution < 1.29 is 18.0 Å². The molecule has 4 rings (SSSR count). The van der Waals surface area contributed by atoms with Crippen molar-refractivity contribution in [2.24, 2.45) is 0 Å². The molecule has 0 radical (unpaired) electrons. The Morgan fingerprint density at radius 2 is 1.96 bits per heavy atom. The van der Waals surface area contributed by atoms with Crippen LogP contribution in [0.1, 0.15) is 29.1 Å². The summed E-state index contributed by atoms with van der Waals surface area (Å²) < 4.78 is 51.4. The van der Waals surface area contributed by atoms with Gasteiger partial charge in [0, 0.05) is 21.3 Å². The number of nitrogens with zero attached hydrogens (tertiary/aromatic N) is 5. The Hall–Kier alpha value is -3.26. The van der Waals surface area contributed by atoms with Gasteiger partial charge in [0.1, 0.15) is 17.1 Å². The monoisotopic (exact) mass is 384 g/mol. The minimum Gasteiger partial charge on any atom is -0.384 e. The van der Waals surface area contributed by atoms with Crippen LogP contribution in [0.2, 0.25) is 0 Å². The van der Waals surface area contributed by atoms with Crippen molar-refractivity contribution in [3.63, 3.8) is 0 Å². The van der Waals surface area contributed by atoms with E-state index in [0.29, 0.717) is 16.8 Å². The Morgan fingerprint density at radius 1 is 1.14 bits per heavy atom. The summed E-state index contributed by atoms with van der Waals surface area (Å²) >= 11 is 0. The quantitative estimate of drug-likeness (QED) is 0.583. The summed E-state index contributed by atoms with van der Waals surface area (Å²) in [7, 11) is 0. The van der Waals surface area contributed by atoms with Crippen LogP contribution in [0, 0.1) is 18.6 Å². The molecule has 0 saturated carbocycles. The number of pyridine rings is 1. The molecule has 8 heteroatoms. The third kappa shape index (κ3) is 3.11. The smallest absolute Gasteiger partial charge is 0.251 e. The summed E-state index contributed by atoms with van der Waals surface area (Å²) in [6.45, 7) is 0.218. The van der Waals surface area contributed by atoms with Gasteiger partial charge in [0.2, 0.25) is 0 Å². The highest BCUT2D eigenvalue weighted by atomic mass is 19.1. The van der Waals surface area contributed by atoms with E-state index in [1.807, 2.05) is 0 Å². The van der Waals surface area contributed by atoms with Crippen LogP contribution in [0.25, 0.3) is 28.3 Å². The summed E-state index contributed by atoms with van der Waals surface area (Å²) in [6, 6.07) is 5.98. The Morgan fingerprint density at radius 3 is 2.71 bits per heavy atom. The molecule has 142 valence electrons. The fourth-order valence-electron chi connectivity index (χ4n) is 2.86. The maximum Gasteiger partial charge on any atom is 0.251 e. The lowest BCUT2D eigenvalue weighted by molar-refractivity contribution is 0.0734. The van der Waals surface area contributed by atoms with E-state index in [4.69, 9.17) is 4.11 Å². The molecule has 3 heterocycles. The van der Waals surface area contributed by atoms with Gasteiger partial charge in [0.25, 0.3) is 5.78 Å². The second-order valence-corrected chi connectivity index (χ2v) is 6.58. The third-order valence-electron chi connectivity index (χ3n) is 4.33. The zero-order valence-corrected chi connectivity index (χ0v) is 15.0. The standard InChI is InChI=1S/C20H17F2N5O/c1-11-4-5-12(6-14(11)18-15(22)7-13(21)8-23-18)16-9-24-19-26-17(20(2,3)28)10-25-27(16)19/h4-10,28H,1-3H3/i2D3. The molecule has 0 fully saturated rings. The number of aliphatic hydroxyl groups is 1. The average molecular weight is 384 g/mol. The Kier molecular flexibility index (Phi) is 3.38. The van der Waals surface area contributed by atoms with E-state index in [1.165, 1.54) is 16.9 Å². The molecule has 0 aliphatic carbocycles. The van der Waals surface area contributed by atoms with Crippen LogP contribution in [0.4, 0.5) is 8.78 Å². The minimum absolute atomic E-state index is 0.0108. The topological polar surface area (TPSA) is 76.2 Å². The first-order chi connectivity index (χ1) is 14.5. The second-order valence-electron chi connectivity index (χ2n) is 6.58. The number of fused-ring (bicyclic) bond motifs is 1. The number of hydrogen-bond acceptors (Lipinski definition) is 5. The van der Waals surface area contributed by atoms with Gasteiger partial charge in [-0.15, -0.1) is 0 Å². The zero-order chi connectivity index (χ0) is 22.6. The highest BCUT2D eigenvalue weighted by molar-refractivity contribution is 5.73. The number of halogens is 2. The number of imidazole rings is 1. The van der Waals surface area contributed by atoms with Gasteiger partial charge in [-0.3, -0.25) is 4.98 Å². The molecule has 0 bridgehead atoms. The second kappa shape index (κ2) is 6.42. The molecule has 3 aromatic heterocycles. The number of rotatable bonds is 3. The fourth-order valence-corrected chi connectivity index (χ4v) is 2.86. The summed E-state index contributed by atoms with van der Waals surface area (Å²) in [6.07, 6.45) is 3.59. The third-order valence-corrected chi connectivity index (χ3v) is 4.33. The minimum atomic E-state index is -2.70. The first-order valence-electron chi connectivity index (χ1n) is 9.85. The van der Waals surface area contributed by atoms with Crippen LogP contribution in [0.15, 0.2) is 42.9 Å². The zero-order valence-electron chi connectivity index (χ0n) is 18.0. The van der Waals surface area contributed by atoms with Gasteiger partial charge in [0.05, 0.1) is 30.0 Å². The molecule has 0 spiro atoms. The summed E-state index contributed by atoms with van der Waals surface area (Å²) in [5.41, 5.74) is -0.000399.